The SMILES string of the molecule is COS(=O)(=O)[O-].C[n+]1c2ccccc2c(C(=O)Oc2ccc(CCC(=O)ON3C(=O)CCC3=O)cc2)c2ccccc21. The maximum absolute atomic E-state index is 13.3. The first-order valence-electron chi connectivity index (χ1n) is 12.7. The molecule has 42 heavy (non-hydrogen) atoms. The van der Waals surface area contributed by atoms with Crippen molar-refractivity contribution in [2.75, 3.05) is 7.11 Å². The molecule has 0 atom stereocenters. The summed E-state index contributed by atoms with van der Waals surface area (Å²) in [6, 6.07) is 22.2. The molecule has 1 fully saturated rings. The zero-order valence-corrected chi connectivity index (χ0v) is 23.5. The number of para-hydroxylation sites is 2. The van der Waals surface area contributed by atoms with Gasteiger partial charge in [-0.25, -0.2) is 18.0 Å². The molecule has 5 rings (SSSR count). The number of carbonyl (C=O) groups excluding carboxylic acids is 4. The number of aromatic nitrogens is 1. The molecule has 13 heteroatoms. The van der Waals surface area contributed by atoms with E-state index >= 15 is 0 Å². The molecule has 1 aliphatic rings. The highest BCUT2D eigenvalue weighted by Crippen LogP contribution is 2.26. The Balaban J connectivity index is 0.000000612. The van der Waals surface area contributed by atoms with Crippen LogP contribution in [0.3, 0.4) is 0 Å². The smallest absolute Gasteiger partial charge is 0.345 e. The van der Waals surface area contributed by atoms with E-state index in [1.807, 2.05) is 55.6 Å². The minimum Gasteiger partial charge on any atom is -0.726 e. The van der Waals surface area contributed by atoms with Crippen molar-refractivity contribution < 1.29 is 50.5 Å². The fraction of sp³-hybridized carbons (Fsp3) is 0.207. The van der Waals surface area contributed by atoms with Crippen LogP contribution in [0.25, 0.3) is 21.8 Å². The first-order valence-corrected chi connectivity index (χ1v) is 14.0. The second kappa shape index (κ2) is 12.9. The van der Waals surface area contributed by atoms with Crippen molar-refractivity contribution in [2.45, 2.75) is 25.7 Å². The van der Waals surface area contributed by atoms with Crippen LogP contribution >= 0.6 is 0 Å². The molecule has 2 heterocycles. The van der Waals surface area contributed by atoms with Gasteiger partial charge in [0.05, 0.1) is 29.9 Å². The maximum Gasteiger partial charge on any atom is 0.345 e. The lowest BCUT2D eigenvalue weighted by Gasteiger charge is -2.12. The molecular weight excluding hydrogens is 568 g/mol. The summed E-state index contributed by atoms with van der Waals surface area (Å²) in [5.41, 5.74) is 3.15. The Kier molecular flexibility index (Phi) is 9.25. The number of carbonyl (C=O) groups is 4. The molecule has 12 nitrogen and oxygen atoms in total. The van der Waals surface area contributed by atoms with E-state index in [4.69, 9.17) is 9.57 Å². The van der Waals surface area contributed by atoms with Crippen LogP contribution in [-0.4, -0.2) is 48.9 Å². The largest absolute Gasteiger partial charge is 0.726 e. The Hall–Kier alpha value is -4.72. The molecule has 0 unspecified atom stereocenters. The van der Waals surface area contributed by atoms with E-state index < -0.39 is 34.2 Å². The molecular formula is C29H26N2O10S. The topological polar surface area (TPSA) is 160 Å². The molecule has 0 spiro atoms. The molecule has 1 aliphatic heterocycles. The summed E-state index contributed by atoms with van der Waals surface area (Å²) >= 11 is 0. The minimum absolute atomic E-state index is 0.00476. The summed E-state index contributed by atoms with van der Waals surface area (Å²) < 4.78 is 38.8. The lowest BCUT2D eigenvalue weighted by Crippen LogP contribution is -2.32. The van der Waals surface area contributed by atoms with E-state index in [1.165, 1.54) is 0 Å². The molecule has 0 aliphatic carbocycles. The van der Waals surface area contributed by atoms with Crippen LogP contribution in [0.4, 0.5) is 0 Å². The van der Waals surface area contributed by atoms with Crippen molar-refractivity contribution in [1.29, 1.82) is 0 Å². The number of hydrogen-bond acceptors (Lipinski definition) is 10. The van der Waals surface area contributed by atoms with Gasteiger partial charge in [-0.3, -0.25) is 13.8 Å². The van der Waals surface area contributed by atoms with Gasteiger partial charge in [0, 0.05) is 25.0 Å². The number of amides is 2. The first-order chi connectivity index (χ1) is 20.0. The van der Waals surface area contributed by atoms with Gasteiger partial charge in [-0.2, -0.15) is 4.57 Å². The second-order valence-electron chi connectivity index (χ2n) is 9.12. The van der Waals surface area contributed by atoms with E-state index in [0.29, 0.717) is 22.8 Å². The Morgan fingerprint density at radius 1 is 0.881 bits per heavy atom. The molecule has 2 amide bonds. The quantitative estimate of drug-likeness (QED) is 0.0592. The highest BCUT2D eigenvalue weighted by atomic mass is 32.3. The van der Waals surface area contributed by atoms with Crippen LogP contribution in [0.2, 0.25) is 0 Å². The van der Waals surface area contributed by atoms with Gasteiger partial charge in [-0.05, 0) is 36.2 Å². The lowest BCUT2D eigenvalue weighted by molar-refractivity contribution is -0.617. The van der Waals surface area contributed by atoms with Crippen LogP contribution < -0.4 is 9.30 Å². The van der Waals surface area contributed by atoms with Gasteiger partial charge >= 0.3 is 11.9 Å². The molecule has 218 valence electrons. The third-order valence-corrected chi connectivity index (χ3v) is 6.84. The average Bonchev–Trinajstić information content (AvgIpc) is 3.29. The summed E-state index contributed by atoms with van der Waals surface area (Å²) in [6.45, 7) is 0. The van der Waals surface area contributed by atoms with E-state index in [9.17, 15) is 32.1 Å². The Bertz CT molecular complexity index is 1710. The van der Waals surface area contributed by atoms with Crippen LogP contribution in [0, 0.1) is 0 Å². The Morgan fingerprint density at radius 2 is 1.38 bits per heavy atom. The molecule has 4 aromatic rings. The van der Waals surface area contributed by atoms with Crippen molar-refractivity contribution in [2.24, 2.45) is 7.05 Å². The maximum atomic E-state index is 13.3. The molecule has 1 aromatic heterocycles. The number of rotatable bonds is 7. The number of esters is 1. The number of hydrogen-bond donors (Lipinski definition) is 0. The number of benzene rings is 3. The Labute approximate surface area is 240 Å². The first kappa shape index (κ1) is 30.2. The summed E-state index contributed by atoms with van der Waals surface area (Å²) in [6.07, 6.45) is 0.446. The fourth-order valence-electron chi connectivity index (χ4n) is 4.38. The van der Waals surface area contributed by atoms with Gasteiger partial charge in [-0.15, -0.1) is 5.06 Å². The predicted octanol–water partition coefficient (Wildman–Crippen LogP) is 2.67. The highest BCUT2D eigenvalue weighted by Gasteiger charge is 2.32. The summed E-state index contributed by atoms with van der Waals surface area (Å²) in [5.74, 6) is -1.76. The number of nitrogens with zero attached hydrogens (tertiary/aromatic N) is 2. The van der Waals surface area contributed by atoms with Crippen molar-refractivity contribution >= 4 is 56.0 Å². The number of ether oxygens (including phenoxy) is 1. The van der Waals surface area contributed by atoms with E-state index in [2.05, 4.69) is 8.75 Å². The van der Waals surface area contributed by atoms with Crippen molar-refractivity contribution in [3.05, 3.63) is 83.9 Å². The van der Waals surface area contributed by atoms with Gasteiger partial charge in [-0.1, -0.05) is 36.4 Å². The molecule has 3 aromatic carbocycles. The summed E-state index contributed by atoms with van der Waals surface area (Å²) in [5, 5.41) is 2.14. The minimum atomic E-state index is -4.41. The molecule has 0 bridgehead atoms. The number of fused-ring (bicyclic) bond motifs is 2. The van der Waals surface area contributed by atoms with Crippen LogP contribution in [-0.2, 0) is 47.3 Å². The third kappa shape index (κ3) is 7.13. The third-order valence-electron chi connectivity index (χ3n) is 6.43. The zero-order chi connectivity index (χ0) is 30.4. The lowest BCUT2D eigenvalue weighted by atomic mass is 10.0. The average molecular weight is 595 g/mol. The number of hydroxylamine groups is 2. The van der Waals surface area contributed by atoms with Crippen molar-refractivity contribution in [3.8, 4) is 5.75 Å². The zero-order valence-electron chi connectivity index (χ0n) is 22.6. The number of aryl methyl sites for hydroxylation is 2. The predicted molar refractivity (Wildman–Crippen MR) is 146 cm³/mol. The van der Waals surface area contributed by atoms with Crippen LogP contribution in [0.15, 0.2) is 72.8 Å². The number of imide groups is 1. The number of pyridine rings is 1. The van der Waals surface area contributed by atoms with Crippen LogP contribution in [0.1, 0.15) is 35.2 Å². The summed E-state index contributed by atoms with van der Waals surface area (Å²) in [4.78, 5) is 53.4. The highest BCUT2D eigenvalue weighted by molar-refractivity contribution is 7.80. The second-order valence-corrected chi connectivity index (χ2v) is 10.3. The normalized spacial score (nSPS) is 13.2. The van der Waals surface area contributed by atoms with Crippen molar-refractivity contribution in [1.82, 2.24) is 5.06 Å². The molecule has 0 saturated carbocycles. The summed E-state index contributed by atoms with van der Waals surface area (Å²) in [7, 11) is -1.64. The van der Waals surface area contributed by atoms with E-state index in [0.717, 1.165) is 34.5 Å². The van der Waals surface area contributed by atoms with E-state index in [1.54, 1.807) is 24.3 Å². The fourth-order valence-corrected chi connectivity index (χ4v) is 4.38. The standard InChI is InChI=1S/C28H23N2O6.CH4O4S/c1-29-22-8-4-2-6-20(22)27(21-7-3-5-9-23(21)29)28(34)35-19-13-10-18(11-14-19)12-17-26(33)36-30-24(31)15-16-25(30)32;1-5-6(2,3)4/h2-11,13-14H,12,15-17H2,1H3;1H3,(H,2,3,4)/q+1;/p-1. The van der Waals surface area contributed by atoms with Gasteiger partial charge in [0.1, 0.15) is 12.8 Å². The van der Waals surface area contributed by atoms with Gasteiger partial charge in [0.2, 0.25) is 21.4 Å². The Morgan fingerprint density at radius 3 is 1.88 bits per heavy atom. The van der Waals surface area contributed by atoms with Crippen molar-refractivity contribution in [3.63, 3.8) is 0 Å². The monoisotopic (exact) mass is 594 g/mol. The molecule has 1 saturated heterocycles. The van der Waals surface area contributed by atoms with Crippen LogP contribution in [0.5, 0.6) is 5.75 Å². The van der Waals surface area contributed by atoms with Gasteiger partial charge < -0.3 is 14.1 Å². The molecule has 0 N–H and O–H groups in total. The van der Waals surface area contributed by atoms with Gasteiger partial charge in [0.25, 0.3) is 11.8 Å². The van der Waals surface area contributed by atoms with Gasteiger partial charge in [0.15, 0.2) is 0 Å². The molecule has 0 radical (unpaired) electrons. The van der Waals surface area contributed by atoms with E-state index in [-0.39, 0.29) is 19.3 Å².